The van der Waals surface area contributed by atoms with Gasteiger partial charge in [-0.1, -0.05) is 54.1 Å². The highest BCUT2D eigenvalue weighted by molar-refractivity contribution is 6.32. The van der Waals surface area contributed by atoms with E-state index in [9.17, 15) is 4.79 Å². The summed E-state index contributed by atoms with van der Waals surface area (Å²) < 4.78 is 0. The van der Waals surface area contributed by atoms with E-state index in [1.165, 1.54) is 60.1 Å². The van der Waals surface area contributed by atoms with Gasteiger partial charge in [0, 0.05) is 0 Å². The standard InChI is InChI=1S/C18H16.C3H2N2O/c1-3-7-15-13(5-1)9-11-18-16-8-4-2-6-14(16)10-12-17(15)18;6-3-1-4-2-5-3/h1,3-5,7-9,11H,2,6,10,12H2;1-2H. The number of aryl methyl sites for hydroxylation is 1. The van der Waals surface area contributed by atoms with Crippen LogP contribution in [0, 0.1) is 0 Å². The second-order valence-corrected chi connectivity index (χ2v) is 6.13. The lowest BCUT2D eigenvalue weighted by Crippen LogP contribution is -2.06. The molecule has 2 aliphatic carbocycles. The topological polar surface area (TPSA) is 41.8 Å². The van der Waals surface area contributed by atoms with Gasteiger partial charge in [0.1, 0.15) is 6.34 Å². The van der Waals surface area contributed by atoms with Crippen LogP contribution in [-0.2, 0) is 11.2 Å². The lowest BCUT2D eigenvalue weighted by atomic mass is 9.80. The highest BCUT2D eigenvalue weighted by atomic mass is 16.1. The van der Waals surface area contributed by atoms with Crippen molar-refractivity contribution in [1.82, 2.24) is 0 Å². The van der Waals surface area contributed by atoms with E-state index >= 15 is 0 Å². The first kappa shape index (κ1) is 14.8. The number of hydrogen-bond acceptors (Lipinski definition) is 2. The quantitative estimate of drug-likeness (QED) is 0.705. The first-order chi connectivity index (χ1) is 11.8. The number of aliphatic imine (C=N–C) groups is 2. The predicted molar refractivity (Wildman–Crippen MR) is 99.6 cm³/mol. The van der Waals surface area contributed by atoms with Gasteiger partial charge in [0.15, 0.2) is 0 Å². The summed E-state index contributed by atoms with van der Waals surface area (Å²) in [5, 5.41) is 2.82. The van der Waals surface area contributed by atoms with Crippen LogP contribution in [0.4, 0.5) is 0 Å². The van der Waals surface area contributed by atoms with Crippen molar-refractivity contribution in [3.8, 4) is 0 Å². The largest absolute Gasteiger partial charge is 0.289 e. The Balaban J connectivity index is 0.000000207. The number of carbonyl (C=O) groups is 1. The molecule has 0 radical (unpaired) electrons. The molecule has 5 rings (SSSR count). The highest BCUT2D eigenvalue weighted by Gasteiger charge is 2.20. The van der Waals surface area contributed by atoms with Gasteiger partial charge in [0.2, 0.25) is 0 Å². The molecule has 24 heavy (non-hydrogen) atoms. The van der Waals surface area contributed by atoms with Crippen LogP contribution < -0.4 is 0 Å². The Hall–Kier alpha value is -2.81. The van der Waals surface area contributed by atoms with Crippen LogP contribution in [0.3, 0.4) is 0 Å². The van der Waals surface area contributed by atoms with Crippen LogP contribution in [-0.4, -0.2) is 18.5 Å². The molecular formula is C21H18N2O. The minimum atomic E-state index is -0.269. The lowest BCUT2D eigenvalue weighted by Gasteiger charge is -2.25. The van der Waals surface area contributed by atoms with E-state index in [4.69, 9.17) is 0 Å². The van der Waals surface area contributed by atoms with Gasteiger partial charge in [-0.05, 0) is 53.2 Å². The molecule has 1 aliphatic heterocycles. The number of amides is 1. The van der Waals surface area contributed by atoms with Crippen LogP contribution in [0.25, 0.3) is 16.3 Å². The van der Waals surface area contributed by atoms with Gasteiger partial charge < -0.3 is 0 Å². The number of allylic oxidation sites excluding steroid dienone is 4. The number of rotatable bonds is 0. The molecule has 3 aliphatic rings. The van der Waals surface area contributed by atoms with Crippen molar-refractivity contribution in [2.45, 2.75) is 25.7 Å². The van der Waals surface area contributed by atoms with Crippen LogP contribution in [0.5, 0.6) is 0 Å². The summed E-state index contributed by atoms with van der Waals surface area (Å²) in [7, 11) is 0. The van der Waals surface area contributed by atoms with E-state index in [0.29, 0.717) is 0 Å². The maximum atomic E-state index is 9.90. The Kier molecular flexibility index (Phi) is 3.91. The van der Waals surface area contributed by atoms with Gasteiger partial charge in [-0.25, -0.2) is 4.99 Å². The smallest absolute Gasteiger partial charge is 0.266 e. The third kappa shape index (κ3) is 2.73. The molecule has 0 saturated carbocycles. The van der Waals surface area contributed by atoms with Crippen molar-refractivity contribution < 1.29 is 4.79 Å². The summed E-state index contributed by atoms with van der Waals surface area (Å²) in [4.78, 5) is 16.5. The fraction of sp³-hybridized carbons (Fsp3) is 0.190. The van der Waals surface area contributed by atoms with E-state index in [1.54, 1.807) is 11.1 Å². The molecule has 0 atom stereocenters. The minimum absolute atomic E-state index is 0.269. The van der Waals surface area contributed by atoms with Gasteiger partial charge in [0.25, 0.3) is 5.91 Å². The van der Waals surface area contributed by atoms with Crippen molar-refractivity contribution >= 4 is 34.8 Å². The molecule has 3 nitrogen and oxygen atoms in total. The SMILES string of the molecule is C1=CC2=C(CC1)CCc1c2ccc2ccccc12.O=C1C=NC=N1. The van der Waals surface area contributed by atoms with Crippen molar-refractivity contribution in [2.24, 2.45) is 9.98 Å². The van der Waals surface area contributed by atoms with E-state index in [2.05, 4.69) is 58.5 Å². The first-order valence-corrected chi connectivity index (χ1v) is 8.32. The normalized spacial score (nSPS) is 17.6. The van der Waals surface area contributed by atoms with Crippen molar-refractivity contribution in [3.05, 3.63) is 65.3 Å². The monoisotopic (exact) mass is 314 g/mol. The molecular weight excluding hydrogens is 296 g/mol. The molecule has 0 saturated heterocycles. The maximum Gasteiger partial charge on any atom is 0.289 e. The molecule has 0 N–H and O–H groups in total. The fourth-order valence-electron chi connectivity index (χ4n) is 3.61. The summed E-state index contributed by atoms with van der Waals surface area (Å²) in [6, 6.07) is 13.4. The zero-order valence-corrected chi connectivity index (χ0v) is 13.4. The van der Waals surface area contributed by atoms with E-state index in [0.717, 1.165) is 0 Å². The summed E-state index contributed by atoms with van der Waals surface area (Å²) in [6.45, 7) is 0. The summed E-state index contributed by atoms with van der Waals surface area (Å²) >= 11 is 0. The Bertz CT molecular complexity index is 918. The Morgan fingerprint density at radius 2 is 1.88 bits per heavy atom. The lowest BCUT2D eigenvalue weighted by molar-refractivity contribution is -0.111. The molecule has 0 spiro atoms. The Morgan fingerprint density at radius 3 is 2.67 bits per heavy atom. The third-order valence-electron chi connectivity index (χ3n) is 4.72. The average molecular weight is 314 g/mol. The number of benzene rings is 2. The molecule has 0 fully saturated rings. The second-order valence-electron chi connectivity index (χ2n) is 6.13. The van der Waals surface area contributed by atoms with Crippen molar-refractivity contribution in [3.63, 3.8) is 0 Å². The number of fused-ring (bicyclic) bond motifs is 4. The van der Waals surface area contributed by atoms with Gasteiger partial charge in [-0.2, -0.15) is 4.99 Å². The van der Waals surface area contributed by atoms with Gasteiger partial charge >= 0.3 is 0 Å². The van der Waals surface area contributed by atoms with Crippen LogP contribution >= 0.6 is 0 Å². The number of hydrogen-bond donors (Lipinski definition) is 0. The summed E-state index contributed by atoms with van der Waals surface area (Å²) in [6.07, 6.45) is 12.0. The van der Waals surface area contributed by atoms with E-state index < -0.39 is 0 Å². The van der Waals surface area contributed by atoms with Gasteiger partial charge in [-0.3, -0.25) is 4.79 Å². The van der Waals surface area contributed by atoms with Crippen LogP contribution in [0.15, 0.2) is 64.1 Å². The summed E-state index contributed by atoms with van der Waals surface area (Å²) in [5.41, 5.74) is 6.21. The Morgan fingerprint density at radius 1 is 0.958 bits per heavy atom. The molecule has 0 bridgehead atoms. The molecule has 0 unspecified atom stereocenters. The van der Waals surface area contributed by atoms with Crippen molar-refractivity contribution in [2.75, 3.05) is 0 Å². The maximum absolute atomic E-state index is 9.90. The molecule has 2 aromatic carbocycles. The van der Waals surface area contributed by atoms with Gasteiger partial charge in [-0.15, -0.1) is 0 Å². The third-order valence-corrected chi connectivity index (χ3v) is 4.72. The van der Waals surface area contributed by atoms with E-state index in [1.807, 2.05) is 0 Å². The number of carbonyl (C=O) groups excluding carboxylic acids is 1. The highest BCUT2D eigenvalue weighted by Crippen LogP contribution is 2.39. The zero-order chi connectivity index (χ0) is 16.4. The second kappa shape index (κ2) is 6.36. The summed E-state index contributed by atoms with van der Waals surface area (Å²) in [5.74, 6) is -0.269. The molecule has 3 heteroatoms. The van der Waals surface area contributed by atoms with Crippen LogP contribution in [0.1, 0.15) is 30.4 Å². The molecule has 1 amide bonds. The number of nitrogens with zero attached hydrogens (tertiary/aromatic N) is 2. The molecule has 2 aromatic rings. The molecule has 0 aromatic heterocycles. The average Bonchev–Trinajstić information content (AvgIpc) is 3.12. The molecule has 1 heterocycles. The van der Waals surface area contributed by atoms with Crippen LogP contribution in [0.2, 0.25) is 0 Å². The Labute approximate surface area is 141 Å². The first-order valence-electron chi connectivity index (χ1n) is 8.32. The van der Waals surface area contributed by atoms with E-state index in [-0.39, 0.29) is 5.91 Å². The van der Waals surface area contributed by atoms with Gasteiger partial charge in [0.05, 0.1) is 6.21 Å². The zero-order valence-electron chi connectivity index (χ0n) is 13.4. The molecule has 118 valence electrons. The fourth-order valence-corrected chi connectivity index (χ4v) is 3.61. The van der Waals surface area contributed by atoms with Crippen molar-refractivity contribution in [1.29, 1.82) is 0 Å². The minimum Gasteiger partial charge on any atom is -0.266 e. The predicted octanol–water partition coefficient (Wildman–Crippen LogP) is 4.52.